The summed E-state index contributed by atoms with van der Waals surface area (Å²) in [6.45, 7) is 9.40. The maximum Gasteiger partial charge on any atom is 0.133 e. The van der Waals surface area contributed by atoms with E-state index in [1.807, 2.05) is 24.8 Å². The average Bonchev–Trinajstić information content (AvgIpc) is 2.47. The van der Waals surface area contributed by atoms with Crippen molar-refractivity contribution in [3.05, 3.63) is 53.9 Å². The molecule has 2 aromatic heterocycles. The van der Waals surface area contributed by atoms with Gasteiger partial charge in [0.15, 0.2) is 0 Å². The number of aromatic nitrogens is 3. The Morgan fingerprint density at radius 1 is 1.10 bits per heavy atom. The molecule has 0 saturated carbocycles. The molecule has 0 aromatic carbocycles. The minimum Gasteiger partial charge on any atom is -0.295 e. The van der Waals surface area contributed by atoms with Crippen LogP contribution in [0.2, 0.25) is 0 Å². The van der Waals surface area contributed by atoms with Gasteiger partial charge < -0.3 is 0 Å². The summed E-state index contributed by atoms with van der Waals surface area (Å²) in [6, 6.07) is 4.44. The number of pyridine rings is 1. The first kappa shape index (κ1) is 15.6. The summed E-state index contributed by atoms with van der Waals surface area (Å²) >= 11 is 0. The van der Waals surface area contributed by atoms with E-state index in [0.717, 1.165) is 17.9 Å². The van der Waals surface area contributed by atoms with Crippen molar-refractivity contribution < 1.29 is 0 Å². The standard InChI is InChI=1S/C17H24N4/c1-13(15-6-8-18-9-7-15)21(5)12-14-10-19-16(20-11-14)17(2,3)4/h6-11,13H,12H2,1-5H3/t13-/m0/s1. The zero-order valence-electron chi connectivity index (χ0n) is 13.5. The van der Waals surface area contributed by atoms with Crippen molar-refractivity contribution in [3.63, 3.8) is 0 Å². The molecule has 0 N–H and O–H groups in total. The molecule has 112 valence electrons. The molecule has 4 nitrogen and oxygen atoms in total. The van der Waals surface area contributed by atoms with Crippen molar-refractivity contribution in [1.29, 1.82) is 0 Å². The van der Waals surface area contributed by atoms with Gasteiger partial charge >= 0.3 is 0 Å². The molecule has 0 fully saturated rings. The Balaban J connectivity index is 2.04. The van der Waals surface area contributed by atoms with Crippen LogP contribution in [0.3, 0.4) is 0 Å². The van der Waals surface area contributed by atoms with Gasteiger partial charge in [0.05, 0.1) is 0 Å². The fourth-order valence-electron chi connectivity index (χ4n) is 2.15. The molecule has 1 atom stereocenters. The highest BCUT2D eigenvalue weighted by molar-refractivity contribution is 5.15. The van der Waals surface area contributed by atoms with Crippen LogP contribution in [-0.4, -0.2) is 26.9 Å². The predicted molar refractivity (Wildman–Crippen MR) is 84.9 cm³/mol. The van der Waals surface area contributed by atoms with Crippen LogP contribution in [0, 0.1) is 0 Å². The molecular formula is C17H24N4. The maximum atomic E-state index is 4.49. The van der Waals surface area contributed by atoms with E-state index in [0.29, 0.717) is 6.04 Å². The molecule has 0 aliphatic heterocycles. The normalized spacial score (nSPS) is 13.4. The van der Waals surface area contributed by atoms with Gasteiger partial charge in [-0.3, -0.25) is 9.88 Å². The van der Waals surface area contributed by atoms with Crippen molar-refractivity contribution in [1.82, 2.24) is 19.9 Å². The lowest BCUT2D eigenvalue weighted by Gasteiger charge is -2.25. The molecule has 4 heteroatoms. The Morgan fingerprint density at radius 2 is 1.67 bits per heavy atom. The molecule has 0 aliphatic carbocycles. The summed E-state index contributed by atoms with van der Waals surface area (Å²) in [5.41, 5.74) is 2.39. The lowest BCUT2D eigenvalue weighted by atomic mass is 9.96. The van der Waals surface area contributed by atoms with E-state index in [-0.39, 0.29) is 5.41 Å². The van der Waals surface area contributed by atoms with Gasteiger partial charge in [-0.25, -0.2) is 9.97 Å². The van der Waals surface area contributed by atoms with Crippen molar-refractivity contribution in [2.75, 3.05) is 7.05 Å². The number of rotatable bonds is 4. The largest absolute Gasteiger partial charge is 0.295 e. The molecule has 0 unspecified atom stereocenters. The zero-order chi connectivity index (χ0) is 15.5. The summed E-state index contributed by atoms with van der Waals surface area (Å²) in [7, 11) is 2.11. The van der Waals surface area contributed by atoms with Gasteiger partial charge in [0.25, 0.3) is 0 Å². The van der Waals surface area contributed by atoms with Gasteiger partial charge in [0.2, 0.25) is 0 Å². The third-order valence-electron chi connectivity index (χ3n) is 3.66. The Hall–Kier alpha value is -1.81. The Bertz CT molecular complexity index is 558. The first-order valence-electron chi connectivity index (χ1n) is 7.29. The molecule has 0 radical (unpaired) electrons. The second-order valence-corrected chi connectivity index (χ2v) is 6.54. The lowest BCUT2D eigenvalue weighted by molar-refractivity contribution is 0.252. The lowest BCUT2D eigenvalue weighted by Crippen LogP contribution is -2.23. The van der Waals surface area contributed by atoms with Gasteiger partial charge in [0, 0.05) is 48.4 Å². The smallest absolute Gasteiger partial charge is 0.133 e. The van der Waals surface area contributed by atoms with E-state index in [2.05, 4.69) is 66.7 Å². The van der Waals surface area contributed by atoms with Gasteiger partial charge in [-0.15, -0.1) is 0 Å². The number of hydrogen-bond donors (Lipinski definition) is 0. The van der Waals surface area contributed by atoms with E-state index in [9.17, 15) is 0 Å². The van der Waals surface area contributed by atoms with Crippen LogP contribution in [0.25, 0.3) is 0 Å². The van der Waals surface area contributed by atoms with Crippen molar-refractivity contribution in [3.8, 4) is 0 Å². The quantitative estimate of drug-likeness (QED) is 0.863. The minimum absolute atomic E-state index is 0.00520. The Labute approximate surface area is 127 Å². The average molecular weight is 284 g/mol. The fraction of sp³-hybridized carbons (Fsp3) is 0.471. The van der Waals surface area contributed by atoms with Crippen LogP contribution in [-0.2, 0) is 12.0 Å². The zero-order valence-corrected chi connectivity index (χ0v) is 13.5. The molecule has 0 bridgehead atoms. The Morgan fingerprint density at radius 3 is 2.19 bits per heavy atom. The van der Waals surface area contributed by atoms with Gasteiger partial charge in [-0.05, 0) is 31.7 Å². The molecule has 0 aliphatic rings. The summed E-state index contributed by atoms with van der Waals surface area (Å²) < 4.78 is 0. The highest BCUT2D eigenvalue weighted by atomic mass is 15.1. The van der Waals surface area contributed by atoms with Crippen LogP contribution < -0.4 is 0 Å². The maximum absolute atomic E-state index is 4.49. The summed E-state index contributed by atoms with van der Waals surface area (Å²) in [5, 5.41) is 0. The monoisotopic (exact) mass is 284 g/mol. The molecule has 0 spiro atoms. The molecular weight excluding hydrogens is 260 g/mol. The summed E-state index contributed by atoms with van der Waals surface area (Å²) in [4.78, 5) is 15.3. The minimum atomic E-state index is -0.00520. The molecule has 2 rings (SSSR count). The van der Waals surface area contributed by atoms with Crippen molar-refractivity contribution >= 4 is 0 Å². The second-order valence-electron chi connectivity index (χ2n) is 6.54. The molecule has 2 aromatic rings. The van der Waals surface area contributed by atoms with Crippen molar-refractivity contribution in [2.24, 2.45) is 0 Å². The SMILES string of the molecule is C[C@@H](c1ccncc1)N(C)Cc1cnc(C(C)(C)C)nc1. The molecule has 2 heterocycles. The molecule has 0 saturated heterocycles. The fourth-order valence-corrected chi connectivity index (χ4v) is 2.15. The topological polar surface area (TPSA) is 41.9 Å². The van der Waals surface area contributed by atoms with E-state index in [1.165, 1.54) is 5.56 Å². The highest BCUT2D eigenvalue weighted by Gasteiger charge is 2.17. The molecule has 21 heavy (non-hydrogen) atoms. The summed E-state index contributed by atoms with van der Waals surface area (Å²) in [5.74, 6) is 0.885. The van der Waals surface area contributed by atoms with E-state index < -0.39 is 0 Å². The Kier molecular flexibility index (Phi) is 4.68. The van der Waals surface area contributed by atoms with E-state index >= 15 is 0 Å². The highest BCUT2D eigenvalue weighted by Crippen LogP contribution is 2.21. The summed E-state index contributed by atoms with van der Waals surface area (Å²) in [6.07, 6.45) is 7.54. The number of nitrogens with zero attached hydrogens (tertiary/aromatic N) is 4. The van der Waals surface area contributed by atoms with Gasteiger partial charge in [-0.1, -0.05) is 20.8 Å². The van der Waals surface area contributed by atoms with Gasteiger partial charge in [-0.2, -0.15) is 0 Å². The first-order valence-corrected chi connectivity index (χ1v) is 7.29. The third kappa shape index (κ3) is 4.08. The van der Waals surface area contributed by atoms with Gasteiger partial charge in [0.1, 0.15) is 5.82 Å². The van der Waals surface area contributed by atoms with Crippen LogP contribution in [0.15, 0.2) is 36.9 Å². The molecule has 0 amide bonds. The van der Waals surface area contributed by atoms with Crippen LogP contribution in [0.5, 0.6) is 0 Å². The van der Waals surface area contributed by atoms with Crippen LogP contribution in [0.1, 0.15) is 50.7 Å². The second kappa shape index (κ2) is 6.31. The number of hydrogen-bond acceptors (Lipinski definition) is 4. The third-order valence-corrected chi connectivity index (χ3v) is 3.66. The van der Waals surface area contributed by atoms with Crippen molar-refractivity contribution in [2.45, 2.75) is 45.7 Å². The van der Waals surface area contributed by atoms with Crippen LogP contribution in [0.4, 0.5) is 0 Å². The van der Waals surface area contributed by atoms with E-state index in [1.54, 1.807) is 0 Å². The van der Waals surface area contributed by atoms with Crippen LogP contribution >= 0.6 is 0 Å². The van der Waals surface area contributed by atoms with E-state index in [4.69, 9.17) is 0 Å². The first-order chi connectivity index (χ1) is 9.88. The predicted octanol–water partition coefficient (Wildman–Crippen LogP) is 3.36.